The Balaban J connectivity index is 0.00000329. The van der Waals surface area contributed by atoms with E-state index in [-0.39, 0.29) is 19.3 Å². The number of benzene rings is 2. The number of likely N-dealkylation sites (tertiary alicyclic amines) is 1. The molecule has 2 aromatic carbocycles. The van der Waals surface area contributed by atoms with Crippen molar-refractivity contribution in [2.45, 2.75) is 57.2 Å². The molecule has 2 aromatic heterocycles. The Bertz CT molecular complexity index is 1590. The van der Waals surface area contributed by atoms with Crippen molar-refractivity contribution < 1.29 is 24.5 Å². The van der Waals surface area contributed by atoms with E-state index in [0.717, 1.165) is 79.1 Å². The number of thiazole rings is 1. The van der Waals surface area contributed by atoms with Gasteiger partial charge in [0.1, 0.15) is 17.7 Å². The number of rotatable bonds is 10. The van der Waals surface area contributed by atoms with Gasteiger partial charge in [-0.15, -0.1) is 0 Å². The zero-order valence-corrected chi connectivity index (χ0v) is 24.4. The molecule has 1 atom stereocenters. The summed E-state index contributed by atoms with van der Waals surface area (Å²) in [7, 11) is 0. The molecule has 42 heavy (non-hydrogen) atoms. The van der Waals surface area contributed by atoms with Crippen molar-refractivity contribution in [1.82, 2.24) is 19.6 Å². The number of fused-ring (bicyclic) bond motifs is 3. The zero-order chi connectivity index (χ0) is 28.6. The van der Waals surface area contributed by atoms with Gasteiger partial charge in [0.15, 0.2) is 4.96 Å². The highest BCUT2D eigenvalue weighted by atomic mass is 32.1. The first-order chi connectivity index (χ1) is 20.5. The molecular formula is C32H38F2N4O3S. The Morgan fingerprint density at radius 3 is 2.79 bits per heavy atom. The molecule has 2 aliphatic heterocycles. The molecule has 4 heterocycles. The largest absolute Gasteiger partial charge is 0.492 e. The molecule has 3 aliphatic rings. The fourth-order valence-corrected chi connectivity index (χ4v) is 6.98. The minimum atomic E-state index is -0.680. The fourth-order valence-electron chi connectivity index (χ4n) is 5.95. The van der Waals surface area contributed by atoms with Crippen LogP contribution in [0.4, 0.5) is 8.78 Å². The number of piperidine rings is 1. The molecule has 7 nitrogen and oxygen atoms in total. The normalized spacial score (nSPS) is 20.1. The average Bonchev–Trinajstić information content (AvgIpc) is 3.34. The molecule has 3 fully saturated rings. The summed E-state index contributed by atoms with van der Waals surface area (Å²) in [5.74, 6) is 0.620. The maximum absolute atomic E-state index is 15.2. The van der Waals surface area contributed by atoms with Gasteiger partial charge in [-0.3, -0.25) is 9.20 Å². The van der Waals surface area contributed by atoms with Crippen molar-refractivity contribution in [1.29, 1.82) is 0 Å². The van der Waals surface area contributed by atoms with Crippen LogP contribution < -0.4 is 10.1 Å². The van der Waals surface area contributed by atoms with E-state index in [1.165, 1.54) is 11.3 Å². The van der Waals surface area contributed by atoms with E-state index >= 15 is 4.39 Å². The third kappa shape index (κ3) is 5.89. The van der Waals surface area contributed by atoms with Crippen LogP contribution >= 0.6 is 11.3 Å². The van der Waals surface area contributed by atoms with Gasteiger partial charge < -0.3 is 19.7 Å². The van der Waals surface area contributed by atoms with Gasteiger partial charge in [-0.1, -0.05) is 17.4 Å². The smallest absolute Gasteiger partial charge is 0.255 e. The van der Waals surface area contributed by atoms with Gasteiger partial charge in [0.05, 0.1) is 34.2 Å². The number of aromatic nitrogens is 2. The third-order valence-corrected chi connectivity index (χ3v) is 9.65. The molecule has 1 aliphatic carbocycles. The molecule has 7 rings (SSSR count). The Hall–Kier alpha value is -3.08. The minimum absolute atomic E-state index is 0. The molecule has 224 valence electrons. The van der Waals surface area contributed by atoms with E-state index in [1.807, 2.05) is 28.8 Å². The summed E-state index contributed by atoms with van der Waals surface area (Å²) in [6.07, 6.45) is 7.34. The molecule has 4 aromatic rings. The molecule has 0 radical (unpaired) electrons. The van der Waals surface area contributed by atoms with E-state index < -0.39 is 6.17 Å². The van der Waals surface area contributed by atoms with Gasteiger partial charge in [-0.05, 0) is 81.2 Å². The fraction of sp³-hybridized carbons (Fsp3) is 0.500. The molecule has 0 spiro atoms. The van der Waals surface area contributed by atoms with Crippen LogP contribution in [0.3, 0.4) is 0 Å². The van der Waals surface area contributed by atoms with Gasteiger partial charge >= 0.3 is 0 Å². The number of nitrogens with one attached hydrogen (secondary N) is 1. The number of hydrogen-bond donors (Lipinski definition) is 1. The number of alkyl halides is 1. The molecule has 1 saturated carbocycles. The summed E-state index contributed by atoms with van der Waals surface area (Å²) >= 11 is 1.47. The zero-order valence-electron chi connectivity index (χ0n) is 23.6. The van der Waals surface area contributed by atoms with Crippen LogP contribution in [0.1, 0.15) is 68.4 Å². The van der Waals surface area contributed by atoms with E-state index in [0.29, 0.717) is 54.5 Å². The van der Waals surface area contributed by atoms with Gasteiger partial charge in [-0.25, -0.2) is 13.8 Å². The van der Waals surface area contributed by atoms with Gasteiger partial charge in [0.25, 0.3) is 5.91 Å². The van der Waals surface area contributed by atoms with Crippen molar-refractivity contribution in [3.05, 3.63) is 53.5 Å². The lowest BCUT2D eigenvalue weighted by atomic mass is 10.0. The van der Waals surface area contributed by atoms with Crippen molar-refractivity contribution in [3.63, 3.8) is 0 Å². The maximum Gasteiger partial charge on any atom is 0.255 e. The number of carbonyl (C=O) groups is 1. The summed E-state index contributed by atoms with van der Waals surface area (Å²) < 4.78 is 43.4. The first-order valence-corrected chi connectivity index (χ1v) is 16.0. The summed E-state index contributed by atoms with van der Waals surface area (Å²) in [4.78, 5) is 21.0. The topological polar surface area (TPSA) is 68.1 Å². The second-order valence-electron chi connectivity index (χ2n) is 11.8. The van der Waals surface area contributed by atoms with Crippen molar-refractivity contribution in [2.75, 3.05) is 39.4 Å². The van der Waals surface area contributed by atoms with Gasteiger partial charge in [-0.2, -0.15) is 0 Å². The first-order valence-electron chi connectivity index (χ1n) is 15.2. The summed E-state index contributed by atoms with van der Waals surface area (Å²) in [6.45, 7) is 4.25. The lowest BCUT2D eigenvalue weighted by Gasteiger charge is -2.28. The van der Waals surface area contributed by atoms with E-state index in [4.69, 9.17) is 14.5 Å². The van der Waals surface area contributed by atoms with Crippen LogP contribution in [-0.4, -0.2) is 65.8 Å². The Morgan fingerprint density at radius 2 is 2.02 bits per heavy atom. The number of halogens is 2. The molecule has 1 N–H and O–H groups in total. The summed E-state index contributed by atoms with van der Waals surface area (Å²) in [5.41, 5.74) is 3.28. The second kappa shape index (κ2) is 11.9. The molecule has 2 saturated heterocycles. The van der Waals surface area contributed by atoms with Crippen LogP contribution in [0.15, 0.2) is 36.5 Å². The monoisotopic (exact) mass is 596 g/mol. The van der Waals surface area contributed by atoms with E-state index in [2.05, 4.69) is 10.2 Å². The van der Waals surface area contributed by atoms with Crippen LogP contribution in [0.5, 0.6) is 5.75 Å². The Labute approximate surface area is 249 Å². The summed E-state index contributed by atoms with van der Waals surface area (Å²) in [6, 6.07) is 9.09. The average molecular weight is 597 g/mol. The number of imidazole rings is 1. The van der Waals surface area contributed by atoms with Crippen molar-refractivity contribution in [2.24, 2.45) is 5.92 Å². The molecular weight excluding hydrogens is 558 g/mol. The minimum Gasteiger partial charge on any atom is -0.492 e. The Morgan fingerprint density at radius 1 is 1.17 bits per heavy atom. The van der Waals surface area contributed by atoms with Crippen LogP contribution in [0, 0.1) is 11.7 Å². The quantitative estimate of drug-likeness (QED) is 0.204. The highest BCUT2D eigenvalue weighted by Gasteiger charge is 2.25. The SMILES string of the molecule is O=C(NCCCN1CCC(F)CC1)c1cc2sc3nc(-c4ccc([C@H]5CCCO5)cc4F)cn3c2cc1OCC1CC1.[HH]. The Kier molecular flexibility index (Phi) is 7.85. The third-order valence-electron chi connectivity index (χ3n) is 8.64. The highest BCUT2D eigenvalue weighted by Crippen LogP contribution is 2.37. The lowest BCUT2D eigenvalue weighted by molar-refractivity contribution is 0.0945. The molecule has 0 unspecified atom stereocenters. The highest BCUT2D eigenvalue weighted by molar-refractivity contribution is 7.23. The van der Waals surface area contributed by atoms with Gasteiger partial charge in [0, 0.05) is 45.5 Å². The lowest BCUT2D eigenvalue weighted by Crippen LogP contribution is -2.36. The van der Waals surface area contributed by atoms with Crippen LogP contribution in [-0.2, 0) is 4.74 Å². The predicted octanol–water partition coefficient (Wildman–Crippen LogP) is 6.80. The predicted molar refractivity (Wildman–Crippen MR) is 162 cm³/mol. The number of hydrogen-bond acceptors (Lipinski definition) is 6. The van der Waals surface area contributed by atoms with Crippen LogP contribution in [0.2, 0.25) is 0 Å². The number of ether oxygens (including phenoxy) is 2. The number of nitrogens with zero attached hydrogens (tertiary/aromatic N) is 3. The number of carbonyl (C=O) groups excluding carboxylic acids is 1. The standard InChI is InChI=1S/C32H36F2N4O3S.H2/c33-22-8-12-37(13-9-22)11-2-10-35-31(39)24-16-30-27(17-29(24)41-19-20-4-5-20)38-18-26(36-32(38)42-30)23-7-6-21(15-25(23)34)28-3-1-14-40-28;/h6-7,15-18,20,22,28H,1-5,8-14,19H2,(H,35,39);1H/t28-;/m1./s1. The number of amides is 1. The second-order valence-corrected chi connectivity index (χ2v) is 12.8. The van der Waals surface area contributed by atoms with Crippen molar-refractivity contribution >= 4 is 32.4 Å². The maximum atomic E-state index is 15.2. The van der Waals surface area contributed by atoms with E-state index in [1.54, 1.807) is 12.1 Å². The van der Waals surface area contributed by atoms with Crippen molar-refractivity contribution in [3.8, 4) is 17.0 Å². The molecule has 10 heteroatoms. The molecule has 1 amide bonds. The molecule has 0 bridgehead atoms. The van der Waals surface area contributed by atoms with Crippen LogP contribution in [0.25, 0.3) is 26.4 Å². The summed E-state index contributed by atoms with van der Waals surface area (Å²) in [5, 5.41) is 3.06. The first kappa shape index (κ1) is 27.7. The van der Waals surface area contributed by atoms with E-state index in [9.17, 15) is 9.18 Å². The van der Waals surface area contributed by atoms with Gasteiger partial charge in [0.2, 0.25) is 0 Å².